The molecule has 0 fully saturated rings. The molecule has 0 atom stereocenters. The summed E-state index contributed by atoms with van der Waals surface area (Å²) in [5.74, 6) is 2.45. The van der Waals surface area contributed by atoms with Gasteiger partial charge in [-0.1, -0.05) is 13.8 Å². The first kappa shape index (κ1) is 19.4. The third-order valence-electron chi connectivity index (χ3n) is 4.03. The SMILES string of the molecule is COc1cc(CCNC(=O)OC(C)(C)C)c2c(c1CC(C)C)CCO2. The van der Waals surface area contributed by atoms with Gasteiger partial charge in [-0.2, -0.15) is 0 Å². The second-order valence-corrected chi connectivity index (χ2v) is 7.90. The van der Waals surface area contributed by atoms with Crippen LogP contribution in [0.1, 0.15) is 51.3 Å². The minimum absolute atomic E-state index is 0.395. The molecule has 0 bridgehead atoms. The van der Waals surface area contributed by atoms with Crippen molar-refractivity contribution in [2.45, 2.75) is 59.5 Å². The lowest BCUT2D eigenvalue weighted by atomic mass is 9.92. The highest BCUT2D eigenvalue weighted by molar-refractivity contribution is 5.67. The van der Waals surface area contributed by atoms with Crippen LogP contribution in [0.2, 0.25) is 0 Å². The summed E-state index contributed by atoms with van der Waals surface area (Å²) in [4.78, 5) is 11.8. The van der Waals surface area contributed by atoms with Crippen molar-refractivity contribution in [2.24, 2.45) is 5.92 Å². The number of carbonyl (C=O) groups excluding carboxylic acids is 1. The summed E-state index contributed by atoms with van der Waals surface area (Å²) in [7, 11) is 1.71. The van der Waals surface area contributed by atoms with Gasteiger partial charge in [0, 0.05) is 24.1 Å². The van der Waals surface area contributed by atoms with E-state index in [1.54, 1.807) is 7.11 Å². The molecule has 1 aliphatic heterocycles. The molecule has 0 aromatic heterocycles. The number of benzene rings is 1. The summed E-state index contributed by atoms with van der Waals surface area (Å²) in [6.07, 6.45) is 2.18. The largest absolute Gasteiger partial charge is 0.496 e. The van der Waals surface area contributed by atoms with Crippen molar-refractivity contribution in [1.82, 2.24) is 5.32 Å². The average Bonchev–Trinajstić information content (AvgIpc) is 2.96. The van der Waals surface area contributed by atoms with Gasteiger partial charge in [-0.15, -0.1) is 0 Å². The second kappa shape index (κ2) is 7.98. The zero-order chi connectivity index (χ0) is 18.6. The zero-order valence-electron chi connectivity index (χ0n) is 16.3. The van der Waals surface area contributed by atoms with Crippen LogP contribution in [-0.4, -0.2) is 32.0 Å². The molecule has 2 rings (SSSR count). The normalized spacial score (nSPS) is 13.4. The van der Waals surface area contributed by atoms with Crippen molar-refractivity contribution in [1.29, 1.82) is 0 Å². The van der Waals surface area contributed by atoms with Crippen molar-refractivity contribution in [3.8, 4) is 11.5 Å². The van der Waals surface area contributed by atoms with Gasteiger partial charge in [-0.3, -0.25) is 0 Å². The Morgan fingerprint density at radius 3 is 2.68 bits per heavy atom. The summed E-state index contributed by atoms with van der Waals surface area (Å²) in [6.45, 7) is 11.2. The Hall–Kier alpha value is -1.91. The molecule has 0 unspecified atom stereocenters. The van der Waals surface area contributed by atoms with Crippen LogP contribution in [0.3, 0.4) is 0 Å². The van der Waals surface area contributed by atoms with E-state index in [1.165, 1.54) is 11.1 Å². The average molecular weight is 349 g/mol. The number of hydrogen-bond acceptors (Lipinski definition) is 4. The number of alkyl carbamates (subject to hydrolysis) is 1. The summed E-state index contributed by atoms with van der Waals surface area (Å²) >= 11 is 0. The van der Waals surface area contributed by atoms with Gasteiger partial charge in [0.15, 0.2) is 0 Å². The molecule has 1 aromatic rings. The highest BCUT2D eigenvalue weighted by Gasteiger charge is 2.24. The molecule has 0 saturated heterocycles. The number of ether oxygens (including phenoxy) is 3. The van der Waals surface area contributed by atoms with Gasteiger partial charge < -0.3 is 19.5 Å². The Morgan fingerprint density at radius 2 is 2.08 bits per heavy atom. The van der Waals surface area contributed by atoms with Crippen molar-refractivity contribution >= 4 is 6.09 Å². The predicted octanol–water partition coefficient (Wildman–Crippen LogP) is 3.90. The van der Waals surface area contributed by atoms with E-state index in [-0.39, 0.29) is 0 Å². The minimum Gasteiger partial charge on any atom is -0.496 e. The number of hydrogen-bond donors (Lipinski definition) is 1. The van der Waals surface area contributed by atoms with Crippen molar-refractivity contribution < 1.29 is 19.0 Å². The van der Waals surface area contributed by atoms with E-state index in [1.807, 2.05) is 20.8 Å². The van der Waals surface area contributed by atoms with Crippen LogP contribution in [0.15, 0.2) is 6.07 Å². The third-order valence-corrected chi connectivity index (χ3v) is 4.03. The van der Waals surface area contributed by atoms with Crippen LogP contribution in [-0.2, 0) is 24.0 Å². The molecule has 5 nitrogen and oxygen atoms in total. The summed E-state index contributed by atoms with van der Waals surface area (Å²) < 4.78 is 16.8. The number of carbonyl (C=O) groups is 1. The monoisotopic (exact) mass is 349 g/mol. The minimum atomic E-state index is -0.490. The lowest BCUT2D eigenvalue weighted by molar-refractivity contribution is 0.0528. The Morgan fingerprint density at radius 1 is 1.36 bits per heavy atom. The smallest absolute Gasteiger partial charge is 0.407 e. The first-order valence-electron chi connectivity index (χ1n) is 9.02. The number of fused-ring (bicyclic) bond motifs is 1. The van der Waals surface area contributed by atoms with Crippen LogP contribution >= 0.6 is 0 Å². The Bertz CT molecular complexity index is 617. The van der Waals surface area contributed by atoms with E-state index in [2.05, 4.69) is 25.2 Å². The molecule has 5 heteroatoms. The van der Waals surface area contributed by atoms with Gasteiger partial charge in [0.25, 0.3) is 0 Å². The number of rotatable bonds is 6. The zero-order valence-corrected chi connectivity index (χ0v) is 16.3. The summed E-state index contributed by atoms with van der Waals surface area (Å²) in [5.41, 5.74) is 3.11. The Labute approximate surface area is 151 Å². The van der Waals surface area contributed by atoms with E-state index in [9.17, 15) is 4.79 Å². The molecule has 0 saturated carbocycles. The van der Waals surface area contributed by atoms with Gasteiger partial charge in [0.05, 0.1) is 13.7 Å². The molecule has 1 aromatic carbocycles. The van der Waals surface area contributed by atoms with E-state index in [4.69, 9.17) is 14.2 Å². The van der Waals surface area contributed by atoms with Gasteiger partial charge in [0.2, 0.25) is 0 Å². The lowest BCUT2D eigenvalue weighted by Crippen LogP contribution is -2.33. The standard InChI is InChI=1S/C20H31NO4/c1-13(2)11-16-15-8-10-24-18(15)14(12-17(16)23-6)7-9-21-19(22)25-20(3,4)5/h12-13H,7-11H2,1-6H3,(H,21,22). The molecular weight excluding hydrogens is 318 g/mol. The van der Waals surface area contributed by atoms with E-state index in [0.29, 0.717) is 25.5 Å². The fourth-order valence-electron chi connectivity index (χ4n) is 3.10. The van der Waals surface area contributed by atoms with Crippen molar-refractivity contribution in [3.05, 3.63) is 22.8 Å². The molecule has 1 aliphatic rings. The van der Waals surface area contributed by atoms with Crippen LogP contribution in [0.25, 0.3) is 0 Å². The number of methoxy groups -OCH3 is 1. The fourth-order valence-corrected chi connectivity index (χ4v) is 3.10. The summed E-state index contributed by atoms with van der Waals surface area (Å²) in [6, 6.07) is 2.05. The topological polar surface area (TPSA) is 56.8 Å². The van der Waals surface area contributed by atoms with E-state index in [0.717, 1.165) is 29.9 Å². The van der Waals surface area contributed by atoms with Gasteiger partial charge in [-0.05, 0) is 51.2 Å². The molecule has 1 heterocycles. The fraction of sp³-hybridized carbons (Fsp3) is 0.650. The van der Waals surface area contributed by atoms with Crippen LogP contribution in [0.4, 0.5) is 4.79 Å². The molecule has 1 amide bonds. The maximum atomic E-state index is 11.8. The van der Waals surface area contributed by atoms with Crippen LogP contribution < -0.4 is 14.8 Å². The van der Waals surface area contributed by atoms with Crippen LogP contribution in [0, 0.1) is 5.92 Å². The third kappa shape index (κ3) is 5.28. The highest BCUT2D eigenvalue weighted by atomic mass is 16.6. The first-order valence-corrected chi connectivity index (χ1v) is 9.02. The van der Waals surface area contributed by atoms with Crippen LogP contribution in [0.5, 0.6) is 11.5 Å². The second-order valence-electron chi connectivity index (χ2n) is 7.90. The number of amides is 1. The lowest BCUT2D eigenvalue weighted by Gasteiger charge is -2.20. The maximum absolute atomic E-state index is 11.8. The molecule has 0 aliphatic carbocycles. The predicted molar refractivity (Wildman–Crippen MR) is 98.7 cm³/mol. The Kier molecular flexibility index (Phi) is 6.20. The molecule has 0 spiro atoms. The van der Waals surface area contributed by atoms with Gasteiger partial charge >= 0.3 is 6.09 Å². The van der Waals surface area contributed by atoms with Crippen molar-refractivity contribution in [3.63, 3.8) is 0 Å². The number of nitrogens with one attached hydrogen (secondary N) is 1. The molecule has 0 radical (unpaired) electrons. The van der Waals surface area contributed by atoms with E-state index >= 15 is 0 Å². The van der Waals surface area contributed by atoms with Crippen molar-refractivity contribution in [2.75, 3.05) is 20.3 Å². The first-order chi connectivity index (χ1) is 11.7. The summed E-state index contributed by atoms with van der Waals surface area (Å²) in [5, 5.41) is 2.81. The Balaban J connectivity index is 2.11. The molecule has 25 heavy (non-hydrogen) atoms. The molecule has 140 valence electrons. The van der Waals surface area contributed by atoms with E-state index < -0.39 is 11.7 Å². The molecular formula is C20H31NO4. The highest BCUT2D eigenvalue weighted by Crippen LogP contribution is 2.39. The van der Waals surface area contributed by atoms with Gasteiger partial charge in [0.1, 0.15) is 17.1 Å². The quantitative estimate of drug-likeness (QED) is 0.846. The maximum Gasteiger partial charge on any atom is 0.407 e. The molecule has 1 N–H and O–H groups in total. The van der Waals surface area contributed by atoms with Gasteiger partial charge in [-0.25, -0.2) is 4.79 Å².